The maximum atomic E-state index is 11.4. The van der Waals surface area contributed by atoms with Crippen molar-refractivity contribution in [1.82, 2.24) is 4.90 Å². The predicted octanol–water partition coefficient (Wildman–Crippen LogP) is 0.504. The average Bonchev–Trinajstić information content (AvgIpc) is 2.62. The van der Waals surface area contributed by atoms with E-state index in [-0.39, 0.29) is 5.97 Å². The van der Waals surface area contributed by atoms with Gasteiger partial charge in [0.1, 0.15) is 6.61 Å². The van der Waals surface area contributed by atoms with E-state index in [1.807, 2.05) is 0 Å². The molecule has 0 aliphatic carbocycles. The molecule has 1 rings (SSSR count). The Morgan fingerprint density at radius 3 is 1.58 bits per heavy atom. The Bertz CT molecular complexity index is 361. The van der Waals surface area contributed by atoms with Crippen molar-refractivity contribution in [3.05, 3.63) is 12.2 Å². The van der Waals surface area contributed by atoms with Gasteiger partial charge in [0.2, 0.25) is 0 Å². The lowest BCUT2D eigenvalue weighted by atomic mass is 10.4. The smallest absolute Gasteiger partial charge is 0.333 e. The SMILES string of the molecule is C=C(C)C(=O)OCCN1CCOCCOCCOCCOCCOCC1. The molecule has 1 heterocycles. The highest BCUT2D eigenvalue weighted by atomic mass is 16.6. The molecular weight excluding hydrogens is 342 g/mol. The maximum absolute atomic E-state index is 11.4. The minimum absolute atomic E-state index is 0.317. The predicted molar refractivity (Wildman–Crippen MR) is 96.3 cm³/mol. The van der Waals surface area contributed by atoms with Gasteiger partial charge in [0, 0.05) is 25.2 Å². The molecule has 0 unspecified atom stereocenters. The second-order valence-corrected chi connectivity index (χ2v) is 5.82. The summed E-state index contributed by atoms with van der Waals surface area (Å²) in [5, 5.41) is 0. The van der Waals surface area contributed by atoms with Crippen LogP contribution in [0.15, 0.2) is 12.2 Å². The van der Waals surface area contributed by atoms with Gasteiger partial charge in [-0.2, -0.15) is 0 Å². The summed E-state index contributed by atoms with van der Waals surface area (Å²) < 4.78 is 32.6. The Labute approximate surface area is 156 Å². The molecule has 1 saturated heterocycles. The van der Waals surface area contributed by atoms with Crippen molar-refractivity contribution in [2.45, 2.75) is 6.92 Å². The van der Waals surface area contributed by atoms with Gasteiger partial charge in [-0.15, -0.1) is 0 Å². The average molecular weight is 375 g/mol. The molecule has 0 spiro atoms. The second kappa shape index (κ2) is 16.2. The Morgan fingerprint density at radius 2 is 1.19 bits per heavy atom. The molecule has 0 aromatic carbocycles. The lowest BCUT2D eigenvalue weighted by Crippen LogP contribution is -2.35. The minimum atomic E-state index is -0.364. The zero-order chi connectivity index (χ0) is 18.9. The summed E-state index contributed by atoms with van der Waals surface area (Å²) >= 11 is 0. The zero-order valence-corrected chi connectivity index (χ0v) is 15.9. The van der Waals surface area contributed by atoms with E-state index in [9.17, 15) is 4.79 Å². The molecule has 152 valence electrons. The number of rotatable bonds is 4. The number of esters is 1. The Kier molecular flexibility index (Phi) is 14.3. The lowest BCUT2D eigenvalue weighted by molar-refractivity contribution is -0.139. The summed E-state index contributed by atoms with van der Waals surface area (Å²) in [6, 6.07) is 0. The number of hydrogen-bond donors (Lipinski definition) is 0. The molecule has 1 aliphatic rings. The number of hydrogen-bond acceptors (Lipinski definition) is 8. The Morgan fingerprint density at radius 1 is 0.808 bits per heavy atom. The fraction of sp³-hybridized carbons (Fsp3) is 0.833. The number of nitrogens with zero attached hydrogens (tertiary/aromatic N) is 1. The largest absolute Gasteiger partial charge is 0.461 e. The van der Waals surface area contributed by atoms with Gasteiger partial charge >= 0.3 is 5.97 Å². The molecule has 0 aromatic rings. The second-order valence-electron chi connectivity index (χ2n) is 5.82. The van der Waals surface area contributed by atoms with Gasteiger partial charge in [-0.05, 0) is 6.92 Å². The van der Waals surface area contributed by atoms with E-state index in [0.29, 0.717) is 84.8 Å². The van der Waals surface area contributed by atoms with Crippen LogP contribution in [0.3, 0.4) is 0 Å². The van der Waals surface area contributed by atoms with E-state index >= 15 is 0 Å². The maximum Gasteiger partial charge on any atom is 0.333 e. The summed E-state index contributed by atoms with van der Waals surface area (Å²) in [6.07, 6.45) is 0. The minimum Gasteiger partial charge on any atom is -0.461 e. The van der Waals surface area contributed by atoms with E-state index in [0.717, 1.165) is 13.1 Å². The standard InChI is InChI=1S/C18H33NO7/c1-17(2)18(20)26-8-5-19-3-6-21-9-11-23-13-15-25-16-14-24-12-10-22-7-4-19/h1,3-16H2,2H3. The van der Waals surface area contributed by atoms with Crippen LogP contribution in [0.2, 0.25) is 0 Å². The van der Waals surface area contributed by atoms with Gasteiger partial charge in [-0.25, -0.2) is 4.79 Å². The van der Waals surface area contributed by atoms with Gasteiger partial charge in [0.25, 0.3) is 0 Å². The highest BCUT2D eigenvalue weighted by Gasteiger charge is 2.08. The molecule has 0 aromatic heterocycles. The molecule has 0 radical (unpaired) electrons. The van der Waals surface area contributed by atoms with Gasteiger partial charge in [0.15, 0.2) is 0 Å². The van der Waals surface area contributed by atoms with Crippen molar-refractivity contribution >= 4 is 5.97 Å². The van der Waals surface area contributed by atoms with Crippen LogP contribution >= 0.6 is 0 Å². The molecule has 8 heteroatoms. The van der Waals surface area contributed by atoms with Gasteiger partial charge < -0.3 is 28.4 Å². The number of carbonyl (C=O) groups excluding carboxylic acids is 1. The third kappa shape index (κ3) is 13.2. The molecule has 1 aliphatic heterocycles. The van der Waals surface area contributed by atoms with Crippen molar-refractivity contribution in [3.8, 4) is 0 Å². The van der Waals surface area contributed by atoms with Crippen molar-refractivity contribution in [2.75, 3.05) is 92.3 Å². The monoisotopic (exact) mass is 375 g/mol. The first-order valence-corrected chi connectivity index (χ1v) is 9.14. The van der Waals surface area contributed by atoms with Crippen LogP contribution in [-0.4, -0.2) is 103 Å². The molecule has 1 fully saturated rings. The highest BCUT2D eigenvalue weighted by Crippen LogP contribution is 1.95. The van der Waals surface area contributed by atoms with Crippen LogP contribution in [0.5, 0.6) is 0 Å². The summed E-state index contributed by atoms with van der Waals surface area (Å²) in [6.45, 7) is 13.1. The van der Waals surface area contributed by atoms with Gasteiger partial charge in [0.05, 0.1) is 66.1 Å². The zero-order valence-electron chi connectivity index (χ0n) is 15.9. The van der Waals surface area contributed by atoms with Crippen molar-refractivity contribution in [3.63, 3.8) is 0 Å². The quantitative estimate of drug-likeness (QED) is 0.520. The normalized spacial score (nSPS) is 20.7. The third-order valence-corrected chi connectivity index (χ3v) is 3.58. The molecular formula is C18H33NO7. The summed E-state index contributed by atoms with van der Waals surface area (Å²) in [5.41, 5.74) is 0.404. The number of carbonyl (C=O) groups is 1. The van der Waals surface area contributed by atoms with Crippen LogP contribution in [0, 0.1) is 0 Å². The Hall–Kier alpha value is -1.03. The van der Waals surface area contributed by atoms with E-state index in [1.165, 1.54) is 0 Å². The van der Waals surface area contributed by atoms with Crippen LogP contribution < -0.4 is 0 Å². The molecule has 0 N–H and O–H groups in total. The summed E-state index contributed by atoms with van der Waals surface area (Å²) in [7, 11) is 0. The molecule has 0 bridgehead atoms. The molecule has 0 saturated carbocycles. The van der Waals surface area contributed by atoms with Gasteiger partial charge in [-0.1, -0.05) is 6.58 Å². The molecule has 8 nitrogen and oxygen atoms in total. The van der Waals surface area contributed by atoms with E-state index in [4.69, 9.17) is 28.4 Å². The van der Waals surface area contributed by atoms with E-state index < -0.39 is 0 Å². The molecule has 0 atom stereocenters. The van der Waals surface area contributed by atoms with Crippen LogP contribution in [0.1, 0.15) is 6.92 Å². The van der Waals surface area contributed by atoms with Crippen LogP contribution in [-0.2, 0) is 33.2 Å². The first-order valence-electron chi connectivity index (χ1n) is 9.14. The van der Waals surface area contributed by atoms with Crippen molar-refractivity contribution < 1.29 is 33.2 Å². The van der Waals surface area contributed by atoms with Crippen molar-refractivity contribution in [2.24, 2.45) is 0 Å². The van der Waals surface area contributed by atoms with Gasteiger partial charge in [-0.3, -0.25) is 4.90 Å². The lowest BCUT2D eigenvalue weighted by Gasteiger charge is -2.22. The fourth-order valence-corrected chi connectivity index (χ4v) is 2.10. The van der Waals surface area contributed by atoms with Crippen LogP contribution in [0.25, 0.3) is 0 Å². The van der Waals surface area contributed by atoms with Crippen LogP contribution in [0.4, 0.5) is 0 Å². The topological polar surface area (TPSA) is 75.7 Å². The number of ether oxygens (including phenoxy) is 6. The third-order valence-electron chi connectivity index (χ3n) is 3.58. The van der Waals surface area contributed by atoms with E-state index in [1.54, 1.807) is 6.92 Å². The molecule has 0 amide bonds. The summed E-state index contributed by atoms with van der Waals surface area (Å²) in [5.74, 6) is -0.364. The first kappa shape index (κ1) is 23.0. The first-order chi connectivity index (χ1) is 12.7. The Balaban J connectivity index is 2.29. The molecule has 26 heavy (non-hydrogen) atoms. The summed E-state index contributed by atoms with van der Waals surface area (Å²) in [4.78, 5) is 13.6. The van der Waals surface area contributed by atoms with Crippen molar-refractivity contribution in [1.29, 1.82) is 0 Å². The highest BCUT2D eigenvalue weighted by molar-refractivity contribution is 5.86. The fourth-order valence-electron chi connectivity index (χ4n) is 2.10. The van der Waals surface area contributed by atoms with E-state index in [2.05, 4.69) is 11.5 Å².